The molecule has 5 heteroatoms. The first-order chi connectivity index (χ1) is 8.47. The van der Waals surface area contributed by atoms with Crippen molar-refractivity contribution in [2.75, 3.05) is 6.61 Å². The van der Waals surface area contributed by atoms with Crippen LogP contribution in [0.1, 0.15) is 0 Å². The number of halogens is 1. The van der Waals surface area contributed by atoms with E-state index in [0.717, 1.165) is 21.5 Å². The molecule has 0 atom stereocenters. The van der Waals surface area contributed by atoms with E-state index < -0.39 is 8.07 Å². The number of hydrogen-bond acceptors (Lipinski definition) is 2. The van der Waals surface area contributed by atoms with Gasteiger partial charge in [0.15, 0.2) is 3.83 Å². The molecule has 2 aromatic rings. The highest BCUT2D eigenvalue weighted by molar-refractivity contribution is 14.1. The van der Waals surface area contributed by atoms with E-state index in [0.29, 0.717) is 6.73 Å². The second kappa shape index (κ2) is 5.71. The van der Waals surface area contributed by atoms with Crippen molar-refractivity contribution in [2.45, 2.75) is 32.4 Å². The molecule has 0 bridgehead atoms. The summed E-state index contributed by atoms with van der Waals surface area (Å²) in [7, 11) is -0.998. The second-order valence-corrected chi connectivity index (χ2v) is 12.2. The molecule has 98 valence electrons. The Morgan fingerprint density at radius 2 is 2.00 bits per heavy atom. The maximum Gasteiger partial charge on any atom is 0.174 e. The Labute approximate surface area is 123 Å². The van der Waals surface area contributed by atoms with Gasteiger partial charge in [0.05, 0.1) is 11.0 Å². The fourth-order valence-electron chi connectivity index (χ4n) is 1.70. The van der Waals surface area contributed by atoms with Gasteiger partial charge in [-0.05, 0) is 18.2 Å². The van der Waals surface area contributed by atoms with Crippen molar-refractivity contribution in [3.8, 4) is 0 Å². The van der Waals surface area contributed by atoms with Gasteiger partial charge in [-0.3, -0.25) is 4.57 Å². The number of nitrogens with zero attached hydrogens (tertiary/aromatic N) is 2. The van der Waals surface area contributed by atoms with Gasteiger partial charge in [0, 0.05) is 37.3 Å². The first kappa shape index (κ1) is 14.0. The quantitative estimate of drug-likeness (QED) is 0.450. The molecule has 18 heavy (non-hydrogen) atoms. The molecule has 0 saturated heterocycles. The van der Waals surface area contributed by atoms with Gasteiger partial charge in [-0.15, -0.1) is 0 Å². The van der Waals surface area contributed by atoms with Crippen LogP contribution in [0.25, 0.3) is 11.0 Å². The summed E-state index contributed by atoms with van der Waals surface area (Å²) in [5, 5.41) is 0. The minimum atomic E-state index is -0.998. The normalized spacial score (nSPS) is 12.2. The predicted molar refractivity (Wildman–Crippen MR) is 86.6 cm³/mol. The van der Waals surface area contributed by atoms with Gasteiger partial charge in [-0.25, -0.2) is 4.98 Å². The molecule has 1 heterocycles. The van der Waals surface area contributed by atoms with E-state index in [1.165, 1.54) is 6.04 Å². The van der Waals surface area contributed by atoms with E-state index in [1.54, 1.807) is 0 Å². The molecule has 3 nitrogen and oxygen atoms in total. The number of fused-ring (bicyclic) bond motifs is 1. The SMILES string of the molecule is C[Si](C)(C)CCOCn1c(I)nc2ccccc21. The van der Waals surface area contributed by atoms with Crippen LogP contribution < -0.4 is 0 Å². The fraction of sp³-hybridized carbons (Fsp3) is 0.462. The Kier molecular flexibility index (Phi) is 4.44. The number of aromatic nitrogens is 2. The van der Waals surface area contributed by atoms with Crippen molar-refractivity contribution in [3.05, 3.63) is 28.1 Å². The lowest BCUT2D eigenvalue weighted by Gasteiger charge is -2.15. The van der Waals surface area contributed by atoms with Gasteiger partial charge in [-0.2, -0.15) is 0 Å². The molecule has 0 fully saturated rings. The number of para-hydroxylation sites is 2. The highest BCUT2D eigenvalue weighted by atomic mass is 127. The van der Waals surface area contributed by atoms with Crippen LogP contribution in [0.3, 0.4) is 0 Å². The summed E-state index contributed by atoms with van der Waals surface area (Å²) in [6, 6.07) is 9.39. The van der Waals surface area contributed by atoms with E-state index in [4.69, 9.17) is 4.74 Å². The lowest BCUT2D eigenvalue weighted by molar-refractivity contribution is 0.0881. The van der Waals surface area contributed by atoms with Crippen LogP contribution in [0.2, 0.25) is 25.7 Å². The smallest absolute Gasteiger partial charge is 0.174 e. The Morgan fingerprint density at radius 1 is 1.28 bits per heavy atom. The van der Waals surface area contributed by atoms with Crippen LogP contribution in [0, 0.1) is 3.83 Å². The van der Waals surface area contributed by atoms with Crippen LogP contribution in [0.15, 0.2) is 24.3 Å². The van der Waals surface area contributed by atoms with E-state index in [-0.39, 0.29) is 0 Å². The Balaban J connectivity index is 2.01. The van der Waals surface area contributed by atoms with E-state index in [2.05, 4.69) is 57.8 Å². The largest absolute Gasteiger partial charge is 0.361 e. The Morgan fingerprint density at radius 3 is 2.72 bits per heavy atom. The molecule has 1 aromatic carbocycles. The number of imidazole rings is 1. The third-order valence-electron chi connectivity index (χ3n) is 2.82. The van der Waals surface area contributed by atoms with E-state index >= 15 is 0 Å². The molecular weight excluding hydrogens is 355 g/mol. The molecule has 2 rings (SSSR count). The highest BCUT2D eigenvalue weighted by Crippen LogP contribution is 2.17. The van der Waals surface area contributed by atoms with Gasteiger partial charge < -0.3 is 4.74 Å². The summed E-state index contributed by atoms with van der Waals surface area (Å²) < 4.78 is 8.91. The monoisotopic (exact) mass is 374 g/mol. The average molecular weight is 374 g/mol. The number of rotatable bonds is 5. The summed E-state index contributed by atoms with van der Waals surface area (Å²) in [5.74, 6) is 0. The second-order valence-electron chi connectivity index (χ2n) is 5.65. The van der Waals surface area contributed by atoms with Gasteiger partial charge in [0.2, 0.25) is 0 Å². The third kappa shape index (κ3) is 3.55. The minimum absolute atomic E-state index is 0.600. The molecule has 0 aliphatic rings. The van der Waals surface area contributed by atoms with E-state index in [1.807, 2.05) is 18.2 Å². The van der Waals surface area contributed by atoms with Crippen molar-refractivity contribution in [3.63, 3.8) is 0 Å². The van der Waals surface area contributed by atoms with Crippen LogP contribution in [-0.2, 0) is 11.5 Å². The fourth-order valence-corrected chi connectivity index (χ4v) is 3.12. The lowest BCUT2D eigenvalue weighted by Crippen LogP contribution is -2.22. The molecule has 0 radical (unpaired) electrons. The molecule has 0 aliphatic heterocycles. The predicted octanol–water partition coefficient (Wildman–Crippen LogP) is 3.95. The topological polar surface area (TPSA) is 27.1 Å². The van der Waals surface area contributed by atoms with Gasteiger partial charge in [-0.1, -0.05) is 31.8 Å². The lowest BCUT2D eigenvalue weighted by atomic mass is 10.3. The first-order valence-electron chi connectivity index (χ1n) is 6.16. The molecule has 0 amide bonds. The van der Waals surface area contributed by atoms with Crippen molar-refractivity contribution in [2.24, 2.45) is 0 Å². The molecule has 0 aliphatic carbocycles. The summed E-state index contributed by atoms with van der Waals surface area (Å²) in [4.78, 5) is 4.52. The number of hydrogen-bond donors (Lipinski definition) is 0. The molecule has 0 unspecified atom stereocenters. The van der Waals surface area contributed by atoms with Crippen molar-refractivity contribution in [1.82, 2.24) is 9.55 Å². The van der Waals surface area contributed by atoms with Gasteiger partial charge in [0.25, 0.3) is 0 Å². The van der Waals surface area contributed by atoms with Crippen molar-refractivity contribution < 1.29 is 4.74 Å². The van der Waals surface area contributed by atoms with Gasteiger partial charge >= 0.3 is 0 Å². The minimum Gasteiger partial charge on any atom is -0.361 e. The van der Waals surface area contributed by atoms with E-state index in [9.17, 15) is 0 Å². The molecule has 0 spiro atoms. The maximum atomic E-state index is 5.80. The number of benzene rings is 1. The third-order valence-corrected chi connectivity index (χ3v) is 5.35. The maximum absolute atomic E-state index is 5.80. The highest BCUT2D eigenvalue weighted by Gasteiger charge is 2.13. The van der Waals surface area contributed by atoms with Gasteiger partial charge in [0.1, 0.15) is 6.73 Å². The van der Waals surface area contributed by atoms with Crippen LogP contribution in [0.4, 0.5) is 0 Å². The van der Waals surface area contributed by atoms with Crippen molar-refractivity contribution in [1.29, 1.82) is 0 Å². The zero-order valence-corrected chi connectivity index (χ0v) is 14.3. The zero-order chi connectivity index (χ0) is 13.2. The molecule has 0 N–H and O–H groups in total. The Bertz CT molecular complexity index is 533. The molecular formula is C13H19IN2OSi. The molecule has 0 saturated carbocycles. The van der Waals surface area contributed by atoms with Crippen molar-refractivity contribution >= 4 is 41.7 Å². The summed E-state index contributed by atoms with van der Waals surface area (Å²) in [6.07, 6.45) is 0. The standard InChI is InChI=1S/C13H19IN2OSi/c1-18(2,3)9-8-17-10-16-12-7-5-4-6-11(12)15-13(16)14/h4-7H,8-10H2,1-3H3. The average Bonchev–Trinajstić information content (AvgIpc) is 2.59. The van der Waals surface area contributed by atoms with Crippen LogP contribution >= 0.6 is 22.6 Å². The van der Waals surface area contributed by atoms with Crippen LogP contribution in [0.5, 0.6) is 0 Å². The summed E-state index contributed by atoms with van der Waals surface area (Å²) in [6.45, 7) is 8.55. The first-order valence-corrected chi connectivity index (χ1v) is 10.9. The Hall–Kier alpha value is -0.403. The summed E-state index contributed by atoms with van der Waals surface area (Å²) in [5.41, 5.74) is 2.19. The number of ether oxygens (including phenoxy) is 1. The zero-order valence-electron chi connectivity index (χ0n) is 11.1. The summed E-state index contributed by atoms with van der Waals surface area (Å²) >= 11 is 2.26. The van der Waals surface area contributed by atoms with Crippen LogP contribution in [-0.4, -0.2) is 24.2 Å². The molecule has 1 aromatic heterocycles.